The third-order valence-corrected chi connectivity index (χ3v) is 7.40. The van der Waals surface area contributed by atoms with Gasteiger partial charge in [0, 0.05) is 11.4 Å². The van der Waals surface area contributed by atoms with Gasteiger partial charge in [0.2, 0.25) is 0 Å². The Hall–Kier alpha value is -3.85. The number of carbonyl (C=O) groups is 1. The Morgan fingerprint density at radius 2 is 1.69 bits per heavy atom. The summed E-state index contributed by atoms with van der Waals surface area (Å²) in [6.45, 7) is 3.57. The molecule has 2 heterocycles. The molecule has 0 amide bonds. The van der Waals surface area contributed by atoms with E-state index in [1.165, 1.54) is 11.3 Å². The lowest BCUT2D eigenvalue weighted by Crippen LogP contribution is -2.42. The largest absolute Gasteiger partial charge is 0.497 e. The lowest BCUT2D eigenvalue weighted by molar-refractivity contribution is -0.143. The quantitative estimate of drug-likeness (QED) is 0.317. The van der Waals surface area contributed by atoms with E-state index in [1.54, 1.807) is 25.7 Å². The van der Waals surface area contributed by atoms with Crippen molar-refractivity contribution < 1.29 is 19.0 Å². The van der Waals surface area contributed by atoms with Crippen molar-refractivity contribution in [3.63, 3.8) is 0 Å². The van der Waals surface area contributed by atoms with Crippen LogP contribution in [0.3, 0.4) is 0 Å². The first-order valence-electron chi connectivity index (χ1n) is 11.6. The molecule has 188 valence electrons. The highest BCUT2D eigenvalue weighted by atomic mass is 32.1. The summed E-state index contributed by atoms with van der Waals surface area (Å²) in [7, 11) is 3.21. The van der Waals surface area contributed by atoms with Crippen molar-refractivity contribution >= 4 is 27.5 Å². The zero-order valence-corrected chi connectivity index (χ0v) is 21.5. The number of hydrogen-bond acceptors (Lipinski definition) is 7. The van der Waals surface area contributed by atoms with E-state index in [9.17, 15) is 14.4 Å². The molecule has 8 nitrogen and oxygen atoms in total. The highest BCUT2D eigenvalue weighted by molar-refractivity contribution is 7.22. The number of rotatable bonds is 9. The van der Waals surface area contributed by atoms with Crippen LogP contribution in [0.5, 0.6) is 11.5 Å². The fraction of sp³-hybridized carbons (Fsp3) is 0.296. The van der Waals surface area contributed by atoms with Gasteiger partial charge >= 0.3 is 11.7 Å². The summed E-state index contributed by atoms with van der Waals surface area (Å²) >= 11 is 1.39. The Labute approximate surface area is 212 Å². The molecule has 0 fully saturated rings. The molecule has 4 aromatic rings. The third-order valence-electron chi connectivity index (χ3n) is 6.04. The van der Waals surface area contributed by atoms with Crippen LogP contribution >= 0.6 is 11.3 Å². The van der Waals surface area contributed by atoms with E-state index in [1.807, 2.05) is 55.5 Å². The van der Waals surface area contributed by atoms with Crippen LogP contribution < -0.4 is 20.7 Å². The fourth-order valence-electron chi connectivity index (χ4n) is 4.23. The molecule has 0 radical (unpaired) electrons. The number of nitrogens with zero attached hydrogens (tertiary/aromatic N) is 2. The first-order valence-corrected chi connectivity index (χ1v) is 12.4. The van der Waals surface area contributed by atoms with Crippen LogP contribution in [-0.4, -0.2) is 35.9 Å². The van der Waals surface area contributed by atoms with Crippen molar-refractivity contribution in [1.29, 1.82) is 0 Å². The average Bonchev–Trinajstić information content (AvgIpc) is 3.23. The van der Waals surface area contributed by atoms with Crippen molar-refractivity contribution in [3.8, 4) is 21.9 Å². The molecule has 0 aliphatic heterocycles. The number of aryl methyl sites for hydroxylation is 3. The number of ether oxygens (including phenoxy) is 3. The molecule has 0 aliphatic carbocycles. The predicted molar refractivity (Wildman–Crippen MR) is 140 cm³/mol. The average molecular weight is 509 g/mol. The predicted octanol–water partition coefficient (Wildman–Crippen LogP) is 4.02. The van der Waals surface area contributed by atoms with Gasteiger partial charge in [-0.25, -0.2) is 9.36 Å². The molecule has 2 aromatic heterocycles. The summed E-state index contributed by atoms with van der Waals surface area (Å²) in [4.78, 5) is 40.7. The number of carbonyl (C=O) groups excluding carboxylic acids is 1. The van der Waals surface area contributed by atoms with Gasteiger partial charge in [0.25, 0.3) is 5.56 Å². The summed E-state index contributed by atoms with van der Waals surface area (Å²) in [5.74, 6) is 0.821. The van der Waals surface area contributed by atoms with Crippen LogP contribution in [0.25, 0.3) is 20.7 Å². The molecule has 0 unspecified atom stereocenters. The Morgan fingerprint density at radius 3 is 2.36 bits per heavy atom. The van der Waals surface area contributed by atoms with Gasteiger partial charge in [0.1, 0.15) is 22.9 Å². The smallest absolute Gasteiger partial charge is 0.332 e. The van der Waals surface area contributed by atoms with E-state index in [0.29, 0.717) is 23.2 Å². The zero-order chi connectivity index (χ0) is 25.8. The van der Waals surface area contributed by atoms with Gasteiger partial charge < -0.3 is 14.2 Å². The summed E-state index contributed by atoms with van der Waals surface area (Å²) in [5.41, 5.74) is 1.57. The van der Waals surface area contributed by atoms with E-state index in [2.05, 4.69) is 0 Å². The number of methoxy groups -OCH3 is 2. The Bertz CT molecular complexity index is 1510. The Kier molecular flexibility index (Phi) is 7.59. The molecular formula is C27H28N2O6S. The standard InChI is InChI=1S/C27H28N2O6S/c1-5-35-22(30)16-29-25(31)23-17(2)24(19-10-12-20(33-3)13-11-19)36-26(23)28(27(29)32)15-14-18-8-6-7-9-21(18)34-4/h6-13H,5,14-16H2,1-4H3. The number of fused-ring (bicyclic) bond motifs is 1. The molecule has 9 heteroatoms. The normalized spacial score (nSPS) is 11.0. The van der Waals surface area contributed by atoms with Crippen molar-refractivity contribution in [2.45, 2.75) is 33.4 Å². The SMILES string of the molecule is CCOC(=O)Cn1c(=O)c2c(C)c(-c3ccc(OC)cc3)sc2n(CCc2ccccc2OC)c1=O. The lowest BCUT2D eigenvalue weighted by atomic mass is 10.1. The van der Waals surface area contributed by atoms with Gasteiger partial charge in [-0.05, 0) is 67.3 Å². The summed E-state index contributed by atoms with van der Waals surface area (Å²) in [6, 6.07) is 15.2. The number of hydrogen-bond donors (Lipinski definition) is 0. The number of esters is 1. The van der Waals surface area contributed by atoms with Crippen molar-refractivity contribution in [1.82, 2.24) is 9.13 Å². The minimum absolute atomic E-state index is 0.164. The highest BCUT2D eigenvalue weighted by Gasteiger charge is 2.22. The van der Waals surface area contributed by atoms with Crippen LogP contribution in [0.2, 0.25) is 0 Å². The van der Waals surface area contributed by atoms with E-state index in [-0.39, 0.29) is 6.61 Å². The molecule has 0 N–H and O–H groups in total. The topological polar surface area (TPSA) is 88.8 Å². The van der Waals surface area contributed by atoms with Crippen LogP contribution in [0.1, 0.15) is 18.1 Å². The van der Waals surface area contributed by atoms with Crippen LogP contribution in [0.15, 0.2) is 58.1 Å². The second kappa shape index (κ2) is 10.8. The molecule has 4 rings (SSSR count). The van der Waals surface area contributed by atoms with Gasteiger partial charge in [-0.15, -0.1) is 11.3 Å². The number of para-hydroxylation sites is 1. The summed E-state index contributed by atoms with van der Waals surface area (Å²) in [5, 5.41) is 0.426. The molecule has 2 aromatic carbocycles. The second-order valence-corrected chi connectivity index (χ2v) is 9.16. The van der Waals surface area contributed by atoms with E-state index in [4.69, 9.17) is 14.2 Å². The molecule has 36 heavy (non-hydrogen) atoms. The van der Waals surface area contributed by atoms with Crippen LogP contribution in [-0.2, 0) is 29.0 Å². The fourth-order valence-corrected chi connectivity index (χ4v) is 5.55. The molecule has 0 bridgehead atoms. The number of thiophene rings is 1. The first-order chi connectivity index (χ1) is 17.4. The van der Waals surface area contributed by atoms with Gasteiger partial charge in [0.15, 0.2) is 0 Å². The zero-order valence-electron chi connectivity index (χ0n) is 20.7. The Balaban J connectivity index is 1.89. The minimum atomic E-state index is -0.629. The molecule has 0 spiro atoms. The Morgan fingerprint density at radius 1 is 0.972 bits per heavy atom. The second-order valence-electron chi connectivity index (χ2n) is 8.16. The van der Waals surface area contributed by atoms with E-state index in [0.717, 1.165) is 37.6 Å². The van der Waals surface area contributed by atoms with Crippen molar-refractivity contribution in [2.75, 3.05) is 20.8 Å². The summed E-state index contributed by atoms with van der Waals surface area (Å²) < 4.78 is 18.3. The minimum Gasteiger partial charge on any atom is -0.497 e. The maximum Gasteiger partial charge on any atom is 0.332 e. The van der Waals surface area contributed by atoms with Gasteiger partial charge in [0.05, 0.1) is 26.2 Å². The van der Waals surface area contributed by atoms with E-state index < -0.39 is 23.8 Å². The highest BCUT2D eigenvalue weighted by Crippen LogP contribution is 2.37. The number of aromatic nitrogens is 2. The lowest BCUT2D eigenvalue weighted by Gasteiger charge is -2.13. The molecule has 0 atom stereocenters. The maximum atomic E-state index is 13.5. The molecule has 0 aliphatic rings. The first kappa shape index (κ1) is 25.2. The third kappa shape index (κ3) is 4.79. The molecular weight excluding hydrogens is 480 g/mol. The van der Waals surface area contributed by atoms with E-state index >= 15 is 0 Å². The van der Waals surface area contributed by atoms with Crippen molar-refractivity contribution in [3.05, 3.63) is 80.5 Å². The van der Waals surface area contributed by atoms with Crippen LogP contribution in [0.4, 0.5) is 0 Å². The van der Waals surface area contributed by atoms with Gasteiger partial charge in [-0.2, -0.15) is 0 Å². The molecule has 0 saturated carbocycles. The van der Waals surface area contributed by atoms with Crippen molar-refractivity contribution in [2.24, 2.45) is 0 Å². The summed E-state index contributed by atoms with van der Waals surface area (Å²) in [6.07, 6.45) is 0.505. The number of benzene rings is 2. The molecule has 0 saturated heterocycles. The van der Waals surface area contributed by atoms with Gasteiger partial charge in [-0.1, -0.05) is 18.2 Å². The van der Waals surface area contributed by atoms with Crippen LogP contribution in [0, 0.1) is 6.92 Å². The maximum absolute atomic E-state index is 13.5. The van der Waals surface area contributed by atoms with Gasteiger partial charge in [-0.3, -0.25) is 14.2 Å². The monoisotopic (exact) mass is 508 g/mol.